The standard InChI is InChI=1S/C24H29N3O4S2/c1-4-31-22-10-9-19(15-23(22)33(29,30)26-11-5-6-12-26)25-24(28)21-14-17(2)27(18(21)3)16-20-8-7-13-32-20/h7-10,13-15H,4-6,11-12,16H2,1-3H3,(H,25,28). The quantitative estimate of drug-likeness (QED) is 0.502. The molecule has 1 aliphatic heterocycles. The zero-order valence-corrected chi connectivity index (χ0v) is 20.8. The van der Waals surface area contributed by atoms with E-state index in [0.717, 1.165) is 24.2 Å². The van der Waals surface area contributed by atoms with Crippen LogP contribution in [-0.2, 0) is 16.6 Å². The number of carbonyl (C=O) groups is 1. The van der Waals surface area contributed by atoms with Crippen molar-refractivity contribution in [1.29, 1.82) is 0 Å². The van der Waals surface area contributed by atoms with E-state index in [0.29, 0.717) is 43.2 Å². The van der Waals surface area contributed by atoms with Gasteiger partial charge < -0.3 is 14.6 Å². The van der Waals surface area contributed by atoms with Crippen LogP contribution in [0.2, 0.25) is 0 Å². The van der Waals surface area contributed by atoms with Crippen molar-refractivity contribution in [3.63, 3.8) is 0 Å². The molecule has 1 N–H and O–H groups in total. The molecule has 2 aromatic heterocycles. The number of ether oxygens (including phenoxy) is 1. The Morgan fingerprint density at radius 1 is 1.15 bits per heavy atom. The summed E-state index contributed by atoms with van der Waals surface area (Å²) in [6.07, 6.45) is 1.70. The van der Waals surface area contributed by atoms with Crippen LogP contribution in [0.5, 0.6) is 5.75 Å². The van der Waals surface area contributed by atoms with Crippen LogP contribution in [0.3, 0.4) is 0 Å². The predicted octanol–water partition coefficient (Wildman–Crippen LogP) is 4.65. The minimum atomic E-state index is -3.70. The van der Waals surface area contributed by atoms with E-state index in [1.165, 1.54) is 15.2 Å². The highest BCUT2D eigenvalue weighted by molar-refractivity contribution is 7.89. The molecule has 0 radical (unpaired) electrons. The summed E-state index contributed by atoms with van der Waals surface area (Å²) in [5.41, 5.74) is 2.86. The smallest absolute Gasteiger partial charge is 0.257 e. The second-order valence-corrected chi connectivity index (χ2v) is 11.0. The van der Waals surface area contributed by atoms with E-state index in [2.05, 4.69) is 16.0 Å². The topological polar surface area (TPSA) is 80.6 Å². The number of nitrogens with zero attached hydrogens (tertiary/aromatic N) is 2. The van der Waals surface area contributed by atoms with Gasteiger partial charge in [0.15, 0.2) is 0 Å². The summed E-state index contributed by atoms with van der Waals surface area (Å²) < 4.78 is 35.6. The minimum Gasteiger partial charge on any atom is -0.492 e. The van der Waals surface area contributed by atoms with Crippen molar-refractivity contribution in [3.8, 4) is 5.75 Å². The van der Waals surface area contributed by atoms with Crippen molar-refractivity contribution in [2.75, 3.05) is 25.0 Å². The van der Waals surface area contributed by atoms with Crippen LogP contribution in [0.4, 0.5) is 5.69 Å². The normalized spacial score (nSPS) is 14.5. The fourth-order valence-electron chi connectivity index (χ4n) is 4.16. The molecule has 176 valence electrons. The van der Waals surface area contributed by atoms with Crippen LogP contribution in [0.1, 0.15) is 46.4 Å². The predicted molar refractivity (Wildman–Crippen MR) is 131 cm³/mol. The Morgan fingerprint density at radius 3 is 2.58 bits per heavy atom. The maximum atomic E-state index is 13.2. The van der Waals surface area contributed by atoms with Gasteiger partial charge in [0.25, 0.3) is 5.91 Å². The van der Waals surface area contributed by atoms with Crippen molar-refractivity contribution >= 4 is 33.0 Å². The molecule has 7 nitrogen and oxygen atoms in total. The third-order valence-corrected chi connectivity index (χ3v) is 8.68. The summed E-state index contributed by atoms with van der Waals surface area (Å²) in [6.45, 7) is 7.79. The van der Waals surface area contributed by atoms with Crippen LogP contribution in [0.15, 0.2) is 46.7 Å². The number of nitrogens with one attached hydrogen (secondary N) is 1. The molecule has 1 aliphatic rings. The lowest BCUT2D eigenvalue weighted by Crippen LogP contribution is -2.28. The third-order valence-electron chi connectivity index (χ3n) is 5.90. The number of thiophene rings is 1. The van der Waals surface area contributed by atoms with Gasteiger partial charge in [0.1, 0.15) is 10.6 Å². The molecule has 3 heterocycles. The Hall–Kier alpha value is -2.62. The van der Waals surface area contributed by atoms with E-state index in [1.54, 1.807) is 23.5 Å². The van der Waals surface area contributed by atoms with E-state index in [-0.39, 0.29) is 10.8 Å². The molecule has 1 amide bonds. The van der Waals surface area contributed by atoms with Crippen molar-refractivity contribution in [2.45, 2.75) is 45.1 Å². The molecule has 0 saturated carbocycles. The second kappa shape index (κ2) is 9.70. The van der Waals surface area contributed by atoms with Gasteiger partial charge in [-0.05, 0) is 69.3 Å². The summed E-state index contributed by atoms with van der Waals surface area (Å²) in [6, 6.07) is 10.8. The number of carbonyl (C=O) groups excluding carboxylic acids is 1. The van der Waals surface area contributed by atoms with E-state index in [4.69, 9.17) is 4.74 Å². The first-order valence-corrected chi connectivity index (χ1v) is 13.4. The van der Waals surface area contributed by atoms with Gasteiger partial charge in [-0.2, -0.15) is 4.31 Å². The van der Waals surface area contributed by atoms with Crippen LogP contribution in [0, 0.1) is 13.8 Å². The Labute approximate surface area is 199 Å². The SMILES string of the molecule is CCOc1ccc(NC(=O)c2cc(C)n(Cc3cccs3)c2C)cc1S(=O)(=O)N1CCCC1. The first kappa shape index (κ1) is 23.5. The monoisotopic (exact) mass is 487 g/mol. The maximum absolute atomic E-state index is 13.2. The zero-order valence-electron chi connectivity index (χ0n) is 19.1. The lowest BCUT2D eigenvalue weighted by Gasteiger charge is -2.19. The zero-order chi connectivity index (χ0) is 23.6. The molecular formula is C24H29N3O4S2. The number of sulfonamides is 1. The van der Waals surface area contributed by atoms with E-state index >= 15 is 0 Å². The number of anilines is 1. The molecular weight excluding hydrogens is 458 g/mol. The van der Waals surface area contributed by atoms with Gasteiger partial charge in [0.2, 0.25) is 10.0 Å². The molecule has 0 aliphatic carbocycles. The van der Waals surface area contributed by atoms with Crippen LogP contribution in [-0.4, -0.2) is 42.9 Å². The van der Waals surface area contributed by atoms with E-state index in [1.807, 2.05) is 38.3 Å². The summed E-state index contributed by atoms with van der Waals surface area (Å²) in [7, 11) is -3.70. The second-order valence-electron chi connectivity index (χ2n) is 8.11. The van der Waals surface area contributed by atoms with Gasteiger partial charge in [-0.3, -0.25) is 4.79 Å². The first-order chi connectivity index (χ1) is 15.8. The molecule has 1 fully saturated rings. The molecule has 0 spiro atoms. The summed E-state index contributed by atoms with van der Waals surface area (Å²) in [4.78, 5) is 14.4. The van der Waals surface area contributed by atoms with Gasteiger partial charge >= 0.3 is 0 Å². The molecule has 0 atom stereocenters. The number of amides is 1. The number of hydrogen-bond acceptors (Lipinski definition) is 5. The fraction of sp³-hybridized carbons (Fsp3) is 0.375. The molecule has 1 saturated heterocycles. The summed E-state index contributed by atoms with van der Waals surface area (Å²) in [5.74, 6) is 0.0331. The number of aryl methyl sites for hydroxylation is 1. The highest BCUT2D eigenvalue weighted by Gasteiger charge is 2.30. The molecule has 0 bridgehead atoms. The molecule has 33 heavy (non-hydrogen) atoms. The highest BCUT2D eigenvalue weighted by atomic mass is 32.2. The fourth-order valence-corrected chi connectivity index (χ4v) is 6.53. The number of rotatable bonds is 8. The van der Waals surface area contributed by atoms with Gasteiger partial charge in [-0.1, -0.05) is 6.07 Å². The van der Waals surface area contributed by atoms with Gasteiger partial charge in [-0.25, -0.2) is 8.42 Å². The molecule has 4 rings (SSSR count). The number of aromatic nitrogens is 1. The van der Waals surface area contributed by atoms with Crippen LogP contribution in [0.25, 0.3) is 0 Å². The molecule has 3 aromatic rings. The summed E-state index contributed by atoms with van der Waals surface area (Å²) in [5, 5.41) is 4.92. The van der Waals surface area contributed by atoms with Crippen molar-refractivity contribution < 1.29 is 17.9 Å². The Morgan fingerprint density at radius 2 is 1.91 bits per heavy atom. The Bertz CT molecular complexity index is 1240. The maximum Gasteiger partial charge on any atom is 0.257 e. The van der Waals surface area contributed by atoms with Crippen LogP contribution < -0.4 is 10.1 Å². The average Bonchev–Trinajstić information content (AvgIpc) is 3.54. The van der Waals surface area contributed by atoms with Crippen LogP contribution >= 0.6 is 11.3 Å². The number of benzene rings is 1. The lowest BCUT2D eigenvalue weighted by atomic mass is 10.2. The first-order valence-electron chi connectivity index (χ1n) is 11.1. The Kier molecular flexibility index (Phi) is 6.92. The van der Waals surface area contributed by atoms with Gasteiger partial charge in [-0.15, -0.1) is 11.3 Å². The minimum absolute atomic E-state index is 0.0900. The van der Waals surface area contributed by atoms with Gasteiger partial charge in [0.05, 0.1) is 18.7 Å². The largest absolute Gasteiger partial charge is 0.492 e. The molecule has 1 aromatic carbocycles. The number of hydrogen-bond donors (Lipinski definition) is 1. The van der Waals surface area contributed by atoms with E-state index in [9.17, 15) is 13.2 Å². The highest BCUT2D eigenvalue weighted by Crippen LogP contribution is 2.32. The molecule has 0 unspecified atom stereocenters. The van der Waals surface area contributed by atoms with Crippen molar-refractivity contribution in [1.82, 2.24) is 8.87 Å². The van der Waals surface area contributed by atoms with Crippen molar-refractivity contribution in [2.24, 2.45) is 0 Å². The van der Waals surface area contributed by atoms with Gasteiger partial charge in [0, 0.05) is 35.0 Å². The summed E-state index contributed by atoms with van der Waals surface area (Å²) >= 11 is 1.68. The third kappa shape index (κ3) is 4.85. The average molecular weight is 488 g/mol. The Balaban J connectivity index is 1.61. The molecule has 9 heteroatoms. The van der Waals surface area contributed by atoms with E-state index < -0.39 is 10.0 Å². The lowest BCUT2D eigenvalue weighted by molar-refractivity contribution is 0.102. The van der Waals surface area contributed by atoms with Crippen molar-refractivity contribution in [3.05, 3.63) is 63.6 Å².